The Morgan fingerprint density at radius 3 is 2.93 bits per heavy atom. The van der Waals surface area contributed by atoms with E-state index in [1.807, 2.05) is 24.5 Å². The molecule has 1 aromatic heterocycles. The van der Waals surface area contributed by atoms with Crippen LogP contribution < -0.4 is 5.73 Å². The third-order valence-electron chi connectivity index (χ3n) is 2.82. The lowest BCUT2D eigenvalue weighted by Crippen LogP contribution is -2.12. The van der Waals surface area contributed by atoms with Gasteiger partial charge in [0, 0.05) is 11.6 Å². The Morgan fingerprint density at radius 1 is 1.47 bits per heavy atom. The first-order chi connectivity index (χ1) is 7.27. The van der Waals surface area contributed by atoms with Gasteiger partial charge in [0.15, 0.2) is 0 Å². The van der Waals surface area contributed by atoms with E-state index in [9.17, 15) is 0 Å². The van der Waals surface area contributed by atoms with Crippen molar-refractivity contribution in [1.82, 2.24) is 9.55 Å². The second kappa shape index (κ2) is 2.82. The Hall–Kier alpha value is -1.84. The smallest absolute Gasteiger partial charge is 0.124 e. The lowest BCUT2D eigenvalue weighted by atomic mass is 10.1. The molecule has 15 heavy (non-hydrogen) atoms. The third-order valence-corrected chi connectivity index (χ3v) is 2.82. The summed E-state index contributed by atoms with van der Waals surface area (Å²) in [5.41, 5.74) is 8.29. The van der Waals surface area contributed by atoms with Gasteiger partial charge >= 0.3 is 0 Å². The zero-order chi connectivity index (χ0) is 10.4. The summed E-state index contributed by atoms with van der Waals surface area (Å²) >= 11 is 0. The van der Waals surface area contributed by atoms with Gasteiger partial charge in [-0.15, -0.1) is 0 Å². The molecule has 1 heterocycles. The molecule has 1 saturated carbocycles. The van der Waals surface area contributed by atoms with Gasteiger partial charge < -0.3 is 10.3 Å². The molecule has 0 unspecified atom stereocenters. The van der Waals surface area contributed by atoms with Crippen molar-refractivity contribution < 1.29 is 0 Å². The lowest BCUT2D eigenvalue weighted by Gasteiger charge is -2.05. The van der Waals surface area contributed by atoms with Crippen LogP contribution in [0.15, 0.2) is 24.5 Å². The summed E-state index contributed by atoms with van der Waals surface area (Å²) in [6, 6.07) is 6.30. The number of fused-ring (bicyclic) bond motifs is 1. The van der Waals surface area contributed by atoms with Crippen molar-refractivity contribution in [1.29, 1.82) is 5.41 Å². The molecule has 3 rings (SSSR count). The van der Waals surface area contributed by atoms with E-state index in [1.165, 1.54) is 12.8 Å². The van der Waals surface area contributed by atoms with Crippen molar-refractivity contribution in [3.05, 3.63) is 30.1 Å². The molecule has 1 aliphatic rings. The van der Waals surface area contributed by atoms with Gasteiger partial charge in [0.25, 0.3) is 0 Å². The van der Waals surface area contributed by atoms with E-state index >= 15 is 0 Å². The molecule has 0 aliphatic heterocycles. The molecular formula is C11H12N4. The first-order valence-corrected chi connectivity index (χ1v) is 5.07. The first-order valence-electron chi connectivity index (χ1n) is 5.07. The van der Waals surface area contributed by atoms with Crippen LogP contribution >= 0.6 is 0 Å². The van der Waals surface area contributed by atoms with Crippen molar-refractivity contribution in [2.45, 2.75) is 18.9 Å². The van der Waals surface area contributed by atoms with E-state index in [0.29, 0.717) is 6.04 Å². The second-order valence-corrected chi connectivity index (χ2v) is 3.97. The lowest BCUT2D eigenvalue weighted by molar-refractivity contribution is 0.765. The Morgan fingerprint density at radius 2 is 2.27 bits per heavy atom. The molecule has 2 aromatic rings. The number of rotatable bonds is 2. The number of para-hydroxylation sites is 1. The Balaban J connectivity index is 2.33. The molecule has 4 nitrogen and oxygen atoms in total. The van der Waals surface area contributed by atoms with Crippen LogP contribution in [0.3, 0.4) is 0 Å². The molecule has 1 fully saturated rings. The number of hydrogen-bond acceptors (Lipinski definition) is 2. The number of nitrogens with one attached hydrogen (secondary N) is 1. The fourth-order valence-electron chi connectivity index (χ4n) is 1.94. The average molecular weight is 200 g/mol. The molecule has 76 valence electrons. The van der Waals surface area contributed by atoms with Crippen molar-refractivity contribution in [3.63, 3.8) is 0 Å². The van der Waals surface area contributed by atoms with Crippen LogP contribution in [0.1, 0.15) is 24.4 Å². The number of nitrogens with zero attached hydrogens (tertiary/aromatic N) is 2. The van der Waals surface area contributed by atoms with E-state index in [2.05, 4.69) is 9.55 Å². The fourth-order valence-corrected chi connectivity index (χ4v) is 1.94. The van der Waals surface area contributed by atoms with Crippen LogP contribution in [-0.2, 0) is 0 Å². The van der Waals surface area contributed by atoms with Gasteiger partial charge in [0.2, 0.25) is 0 Å². The van der Waals surface area contributed by atoms with Crippen LogP contribution in [-0.4, -0.2) is 15.4 Å². The van der Waals surface area contributed by atoms with Gasteiger partial charge in [0.1, 0.15) is 5.84 Å². The highest BCUT2D eigenvalue weighted by molar-refractivity contribution is 6.05. The maximum absolute atomic E-state index is 7.55. The summed E-state index contributed by atoms with van der Waals surface area (Å²) in [6.45, 7) is 0. The van der Waals surface area contributed by atoms with Crippen molar-refractivity contribution in [3.8, 4) is 0 Å². The van der Waals surface area contributed by atoms with Gasteiger partial charge in [0.05, 0.1) is 17.4 Å². The number of benzene rings is 1. The van der Waals surface area contributed by atoms with Gasteiger partial charge in [-0.2, -0.15) is 0 Å². The van der Waals surface area contributed by atoms with E-state index in [1.54, 1.807) is 0 Å². The summed E-state index contributed by atoms with van der Waals surface area (Å²) < 4.78 is 2.14. The maximum atomic E-state index is 7.55. The largest absolute Gasteiger partial charge is 0.384 e. The first kappa shape index (κ1) is 8.47. The van der Waals surface area contributed by atoms with Crippen molar-refractivity contribution in [2.75, 3.05) is 0 Å². The van der Waals surface area contributed by atoms with Crippen LogP contribution in [0, 0.1) is 5.41 Å². The Bertz CT molecular complexity index is 537. The summed E-state index contributed by atoms with van der Waals surface area (Å²) in [6.07, 6.45) is 4.27. The number of amidine groups is 1. The zero-order valence-electron chi connectivity index (χ0n) is 8.27. The van der Waals surface area contributed by atoms with Crippen LogP contribution in [0.25, 0.3) is 11.0 Å². The number of hydrogen-bond donors (Lipinski definition) is 2. The van der Waals surface area contributed by atoms with E-state index < -0.39 is 0 Å². The van der Waals surface area contributed by atoms with Gasteiger partial charge in [-0.05, 0) is 25.0 Å². The molecule has 0 bridgehead atoms. The normalized spacial score (nSPS) is 15.7. The Kier molecular flexibility index (Phi) is 1.59. The monoisotopic (exact) mass is 200 g/mol. The summed E-state index contributed by atoms with van der Waals surface area (Å²) in [4.78, 5) is 4.33. The molecule has 0 saturated heterocycles. The molecule has 4 heteroatoms. The molecular weight excluding hydrogens is 188 g/mol. The second-order valence-electron chi connectivity index (χ2n) is 3.97. The van der Waals surface area contributed by atoms with E-state index in [4.69, 9.17) is 11.1 Å². The van der Waals surface area contributed by atoms with Gasteiger partial charge in [-0.3, -0.25) is 5.41 Å². The predicted octanol–water partition coefficient (Wildman–Crippen LogP) is 1.66. The number of nitrogens with two attached hydrogens (primary N) is 1. The highest BCUT2D eigenvalue weighted by Gasteiger charge is 2.26. The van der Waals surface area contributed by atoms with Crippen molar-refractivity contribution in [2.24, 2.45) is 5.73 Å². The quantitative estimate of drug-likeness (QED) is 0.571. The van der Waals surface area contributed by atoms with Crippen molar-refractivity contribution >= 4 is 16.9 Å². The van der Waals surface area contributed by atoms with Gasteiger partial charge in [-0.1, -0.05) is 6.07 Å². The highest BCUT2D eigenvalue weighted by Crippen LogP contribution is 2.37. The van der Waals surface area contributed by atoms with Crippen LogP contribution in [0.5, 0.6) is 0 Å². The minimum atomic E-state index is 0.114. The minimum absolute atomic E-state index is 0.114. The van der Waals surface area contributed by atoms with E-state index in [0.717, 1.165) is 16.6 Å². The highest BCUT2D eigenvalue weighted by atomic mass is 15.1. The summed E-state index contributed by atoms with van der Waals surface area (Å²) in [5, 5.41) is 7.55. The number of imidazole rings is 1. The van der Waals surface area contributed by atoms with Gasteiger partial charge in [-0.25, -0.2) is 4.98 Å². The SMILES string of the molecule is N=C(N)c1cccc2ncn(C3CC3)c12. The molecule has 1 aliphatic carbocycles. The van der Waals surface area contributed by atoms with Crippen LogP contribution in [0.4, 0.5) is 0 Å². The molecule has 0 amide bonds. The molecule has 0 radical (unpaired) electrons. The molecule has 1 aromatic carbocycles. The molecule has 0 spiro atoms. The summed E-state index contributed by atoms with van der Waals surface area (Å²) in [7, 11) is 0. The predicted molar refractivity (Wildman–Crippen MR) is 59.0 cm³/mol. The molecule has 0 atom stereocenters. The topological polar surface area (TPSA) is 67.7 Å². The number of nitrogen functional groups attached to an aromatic ring is 1. The maximum Gasteiger partial charge on any atom is 0.124 e. The standard InChI is InChI=1S/C11H12N4/c12-11(13)8-2-1-3-9-10(8)15(6-14-9)7-4-5-7/h1-3,6-7H,4-5H2,(H3,12,13). The fraction of sp³-hybridized carbons (Fsp3) is 0.273. The van der Waals surface area contributed by atoms with E-state index in [-0.39, 0.29) is 5.84 Å². The van der Waals surface area contributed by atoms with Crippen LogP contribution in [0.2, 0.25) is 0 Å². The third kappa shape index (κ3) is 1.21. The number of aromatic nitrogens is 2. The Labute approximate surface area is 87.2 Å². The zero-order valence-corrected chi connectivity index (χ0v) is 8.27. The minimum Gasteiger partial charge on any atom is -0.384 e. The summed E-state index contributed by atoms with van der Waals surface area (Å²) in [5.74, 6) is 0.114. The molecule has 3 N–H and O–H groups in total. The average Bonchev–Trinajstić information content (AvgIpc) is 2.97.